The summed E-state index contributed by atoms with van der Waals surface area (Å²) in [6.07, 6.45) is 1.14. The fourth-order valence-electron chi connectivity index (χ4n) is 0.677. The molecule has 0 saturated heterocycles. The van der Waals surface area contributed by atoms with Gasteiger partial charge in [0.25, 0.3) is 0 Å². The van der Waals surface area contributed by atoms with Gasteiger partial charge >= 0.3 is 0 Å². The van der Waals surface area contributed by atoms with Gasteiger partial charge in [0.05, 0.1) is 27.2 Å². The molecule has 0 amide bonds. The van der Waals surface area contributed by atoms with Crippen molar-refractivity contribution in [2.75, 3.05) is 33.7 Å². The standard InChI is InChI=1S/C7H19N2.C2H5/c1-4-9(2,3)7-5-6-8;1-2/h4-8H2,1-3H3;1H2,2H3/q+1;. The van der Waals surface area contributed by atoms with Gasteiger partial charge in [-0.1, -0.05) is 13.8 Å². The second-order valence-corrected chi connectivity index (χ2v) is 3.12. The maximum Gasteiger partial charge on any atom is 0.0794 e. The van der Waals surface area contributed by atoms with Crippen LogP contribution in [0.5, 0.6) is 0 Å². The molecule has 0 spiro atoms. The van der Waals surface area contributed by atoms with E-state index in [0.29, 0.717) is 0 Å². The molecular weight excluding hydrogens is 136 g/mol. The van der Waals surface area contributed by atoms with Gasteiger partial charge in [-0.2, -0.15) is 0 Å². The van der Waals surface area contributed by atoms with E-state index in [1.807, 2.05) is 0 Å². The van der Waals surface area contributed by atoms with Crippen LogP contribution in [0, 0.1) is 6.92 Å². The molecule has 0 aliphatic carbocycles. The van der Waals surface area contributed by atoms with Crippen LogP contribution in [0.1, 0.15) is 20.3 Å². The Bertz CT molecular complexity index is 70.0. The Balaban J connectivity index is 0. The number of hydrogen-bond acceptors (Lipinski definition) is 1. The quantitative estimate of drug-likeness (QED) is 0.616. The van der Waals surface area contributed by atoms with Crippen molar-refractivity contribution >= 4 is 0 Å². The lowest BCUT2D eigenvalue weighted by molar-refractivity contribution is -0.888. The first-order valence-corrected chi connectivity index (χ1v) is 4.35. The Hall–Kier alpha value is -0.0800. The third-order valence-electron chi connectivity index (χ3n) is 1.82. The van der Waals surface area contributed by atoms with E-state index in [2.05, 4.69) is 27.9 Å². The molecule has 11 heavy (non-hydrogen) atoms. The summed E-state index contributed by atoms with van der Waals surface area (Å²) in [7, 11) is 4.46. The minimum atomic E-state index is 0.821. The Labute approximate surface area is 72.0 Å². The third-order valence-corrected chi connectivity index (χ3v) is 1.82. The van der Waals surface area contributed by atoms with E-state index in [1.54, 1.807) is 6.92 Å². The zero-order valence-electron chi connectivity index (χ0n) is 8.56. The summed E-state index contributed by atoms with van der Waals surface area (Å²) < 4.78 is 1.09. The normalized spacial score (nSPS) is 10.4. The van der Waals surface area contributed by atoms with Crippen LogP contribution in [0.4, 0.5) is 0 Å². The second-order valence-electron chi connectivity index (χ2n) is 3.12. The molecule has 0 aliphatic heterocycles. The molecule has 0 aromatic carbocycles. The van der Waals surface area contributed by atoms with Crippen molar-refractivity contribution < 1.29 is 4.48 Å². The molecule has 2 nitrogen and oxygen atoms in total. The van der Waals surface area contributed by atoms with Gasteiger partial charge in [-0.05, 0) is 13.5 Å². The number of hydrogen-bond donors (Lipinski definition) is 1. The fraction of sp³-hybridized carbons (Fsp3) is 0.889. The van der Waals surface area contributed by atoms with Crippen molar-refractivity contribution in [1.82, 2.24) is 0 Å². The van der Waals surface area contributed by atoms with Gasteiger partial charge in [0.2, 0.25) is 0 Å². The van der Waals surface area contributed by atoms with E-state index in [-0.39, 0.29) is 0 Å². The van der Waals surface area contributed by atoms with Crippen molar-refractivity contribution in [3.05, 3.63) is 6.92 Å². The first-order valence-electron chi connectivity index (χ1n) is 4.35. The smallest absolute Gasteiger partial charge is 0.0794 e. The topological polar surface area (TPSA) is 26.0 Å². The van der Waals surface area contributed by atoms with E-state index in [1.165, 1.54) is 13.1 Å². The zero-order valence-corrected chi connectivity index (χ0v) is 8.56. The van der Waals surface area contributed by atoms with E-state index in [9.17, 15) is 0 Å². The van der Waals surface area contributed by atoms with Crippen molar-refractivity contribution in [2.45, 2.75) is 20.3 Å². The second kappa shape index (κ2) is 8.02. The average Bonchev–Trinajstić information content (AvgIpc) is 2.05. The highest BCUT2D eigenvalue weighted by Gasteiger charge is 2.08. The molecule has 1 radical (unpaired) electrons. The van der Waals surface area contributed by atoms with Gasteiger partial charge < -0.3 is 10.2 Å². The largest absolute Gasteiger partial charge is 0.330 e. The molecule has 0 aromatic rings. The van der Waals surface area contributed by atoms with Gasteiger partial charge in [0.1, 0.15) is 0 Å². The minimum Gasteiger partial charge on any atom is -0.330 e. The highest BCUT2D eigenvalue weighted by atomic mass is 15.3. The first kappa shape index (κ1) is 13.5. The van der Waals surface area contributed by atoms with Crippen LogP contribution in [0.2, 0.25) is 0 Å². The lowest BCUT2D eigenvalue weighted by atomic mass is 10.3. The summed E-state index contributed by atoms with van der Waals surface area (Å²) in [6.45, 7) is 10.4. The monoisotopic (exact) mass is 160 g/mol. The summed E-state index contributed by atoms with van der Waals surface area (Å²) in [6, 6.07) is 0. The highest BCUT2D eigenvalue weighted by Crippen LogP contribution is 1.95. The van der Waals surface area contributed by atoms with Gasteiger partial charge in [-0.25, -0.2) is 0 Å². The summed E-state index contributed by atoms with van der Waals surface area (Å²) in [5.74, 6) is 0. The van der Waals surface area contributed by atoms with E-state index in [4.69, 9.17) is 5.73 Å². The summed E-state index contributed by atoms with van der Waals surface area (Å²) in [4.78, 5) is 0. The molecular formula is C9H24N2+. The summed E-state index contributed by atoms with van der Waals surface area (Å²) in [5.41, 5.74) is 5.38. The van der Waals surface area contributed by atoms with Gasteiger partial charge in [-0.3, -0.25) is 0 Å². The zero-order chi connectivity index (χ0) is 9.33. The Morgan fingerprint density at radius 1 is 1.27 bits per heavy atom. The van der Waals surface area contributed by atoms with Crippen LogP contribution in [-0.4, -0.2) is 38.2 Å². The number of rotatable bonds is 4. The van der Waals surface area contributed by atoms with Crippen LogP contribution in [0.25, 0.3) is 0 Å². The maximum atomic E-state index is 5.38. The lowest BCUT2D eigenvalue weighted by Crippen LogP contribution is -2.40. The van der Waals surface area contributed by atoms with Crippen LogP contribution >= 0.6 is 0 Å². The van der Waals surface area contributed by atoms with Crippen molar-refractivity contribution in [1.29, 1.82) is 0 Å². The third kappa shape index (κ3) is 9.92. The molecule has 0 bridgehead atoms. The molecule has 0 rings (SSSR count). The fourth-order valence-corrected chi connectivity index (χ4v) is 0.677. The average molecular weight is 160 g/mol. The van der Waals surface area contributed by atoms with Gasteiger partial charge in [0.15, 0.2) is 0 Å². The van der Waals surface area contributed by atoms with Crippen molar-refractivity contribution in [3.8, 4) is 0 Å². The number of nitrogens with zero attached hydrogens (tertiary/aromatic N) is 1. The molecule has 0 unspecified atom stereocenters. The molecule has 2 heteroatoms. The molecule has 69 valence electrons. The summed E-state index contributed by atoms with van der Waals surface area (Å²) in [5, 5.41) is 0. The Morgan fingerprint density at radius 3 is 2.00 bits per heavy atom. The van der Waals surface area contributed by atoms with Crippen molar-refractivity contribution in [2.24, 2.45) is 5.73 Å². The van der Waals surface area contributed by atoms with E-state index in [0.717, 1.165) is 17.4 Å². The van der Waals surface area contributed by atoms with Crippen LogP contribution < -0.4 is 5.73 Å². The molecule has 0 atom stereocenters. The lowest BCUT2D eigenvalue weighted by Gasteiger charge is -2.27. The predicted octanol–water partition coefficient (Wildman–Crippen LogP) is 1.27. The molecule has 0 fully saturated rings. The summed E-state index contributed by atoms with van der Waals surface area (Å²) >= 11 is 0. The predicted molar refractivity (Wildman–Crippen MR) is 52.2 cm³/mol. The van der Waals surface area contributed by atoms with Crippen LogP contribution in [-0.2, 0) is 0 Å². The number of nitrogens with two attached hydrogens (primary N) is 1. The SMILES string of the molecule is CC[N+](C)(C)CCCN.[CH2]C. The Morgan fingerprint density at radius 2 is 1.73 bits per heavy atom. The highest BCUT2D eigenvalue weighted by molar-refractivity contribution is 4.35. The van der Waals surface area contributed by atoms with Crippen LogP contribution in [0.15, 0.2) is 0 Å². The number of quaternary nitrogens is 1. The molecule has 0 aromatic heterocycles. The maximum absolute atomic E-state index is 5.38. The first-order chi connectivity index (χ1) is 5.12. The van der Waals surface area contributed by atoms with E-state index >= 15 is 0 Å². The molecule has 0 heterocycles. The molecule has 0 aliphatic rings. The van der Waals surface area contributed by atoms with Crippen LogP contribution in [0.3, 0.4) is 0 Å². The molecule has 0 saturated carbocycles. The van der Waals surface area contributed by atoms with Crippen molar-refractivity contribution in [3.63, 3.8) is 0 Å². The Kier molecular flexibility index (Phi) is 9.85. The minimum absolute atomic E-state index is 0.821. The van der Waals surface area contributed by atoms with Gasteiger partial charge in [-0.15, -0.1) is 0 Å². The van der Waals surface area contributed by atoms with Gasteiger partial charge in [0, 0.05) is 6.42 Å². The van der Waals surface area contributed by atoms with E-state index < -0.39 is 0 Å². The molecule has 2 N–H and O–H groups in total.